The molecule has 2 heterocycles. The maximum Gasteiger partial charge on any atom is 0.259 e. The summed E-state index contributed by atoms with van der Waals surface area (Å²) < 4.78 is 13.7. The lowest BCUT2D eigenvalue weighted by molar-refractivity contribution is 0.102. The number of nitrogens with zero attached hydrogens (tertiary/aromatic N) is 2. The van der Waals surface area contributed by atoms with E-state index in [2.05, 4.69) is 20.5 Å². The van der Waals surface area contributed by atoms with Crippen LogP contribution in [0.2, 0.25) is 5.02 Å². The Kier molecular flexibility index (Phi) is 4.73. The quantitative estimate of drug-likeness (QED) is 0.905. The number of carbonyl (C=O) groups excluding carboxylic acids is 1. The third-order valence-corrected chi connectivity index (χ3v) is 3.88. The van der Waals surface area contributed by atoms with Gasteiger partial charge in [-0.3, -0.25) is 4.79 Å². The van der Waals surface area contributed by atoms with Crippen LogP contribution in [-0.2, 0) is 0 Å². The van der Waals surface area contributed by atoms with Gasteiger partial charge in [-0.15, -0.1) is 0 Å². The number of piperazine rings is 1. The molecular weight excluding hydrogens is 319 g/mol. The molecule has 1 amide bonds. The van der Waals surface area contributed by atoms with Crippen LogP contribution in [0.15, 0.2) is 36.5 Å². The molecule has 1 fully saturated rings. The number of aromatic nitrogens is 1. The smallest absolute Gasteiger partial charge is 0.259 e. The number of pyridine rings is 1. The molecule has 0 aliphatic carbocycles. The van der Waals surface area contributed by atoms with Gasteiger partial charge in [0.2, 0.25) is 0 Å². The van der Waals surface area contributed by atoms with E-state index in [0.717, 1.165) is 37.9 Å². The van der Waals surface area contributed by atoms with Crippen molar-refractivity contribution >= 4 is 29.0 Å². The topological polar surface area (TPSA) is 57.3 Å². The van der Waals surface area contributed by atoms with Gasteiger partial charge in [-0.05, 0) is 30.3 Å². The Morgan fingerprint density at radius 1 is 1.26 bits per heavy atom. The van der Waals surface area contributed by atoms with E-state index in [-0.39, 0.29) is 5.56 Å². The fourth-order valence-electron chi connectivity index (χ4n) is 2.43. The predicted molar refractivity (Wildman–Crippen MR) is 88.7 cm³/mol. The molecule has 7 heteroatoms. The fourth-order valence-corrected chi connectivity index (χ4v) is 2.60. The molecule has 2 N–H and O–H groups in total. The number of amides is 1. The molecule has 1 aliphatic heterocycles. The first-order valence-corrected chi connectivity index (χ1v) is 7.69. The average molecular weight is 335 g/mol. The minimum Gasteiger partial charge on any atom is -0.368 e. The highest BCUT2D eigenvalue weighted by molar-refractivity contribution is 6.31. The van der Waals surface area contributed by atoms with Crippen molar-refractivity contribution in [2.24, 2.45) is 0 Å². The van der Waals surface area contributed by atoms with E-state index in [1.807, 2.05) is 6.07 Å². The van der Waals surface area contributed by atoms with Gasteiger partial charge in [0.1, 0.15) is 11.6 Å². The van der Waals surface area contributed by atoms with Crippen molar-refractivity contribution in [3.63, 3.8) is 0 Å². The van der Waals surface area contributed by atoms with Crippen LogP contribution in [0.4, 0.5) is 15.9 Å². The number of hydrogen-bond acceptors (Lipinski definition) is 4. The number of benzene rings is 1. The van der Waals surface area contributed by atoms with Crippen LogP contribution in [-0.4, -0.2) is 37.1 Å². The summed E-state index contributed by atoms with van der Waals surface area (Å²) in [6.07, 6.45) is 1.70. The number of rotatable bonds is 3. The van der Waals surface area contributed by atoms with Gasteiger partial charge < -0.3 is 15.5 Å². The predicted octanol–water partition coefficient (Wildman–Crippen LogP) is 2.54. The van der Waals surface area contributed by atoms with E-state index in [1.165, 1.54) is 12.1 Å². The van der Waals surface area contributed by atoms with Crippen molar-refractivity contribution in [2.45, 2.75) is 0 Å². The van der Waals surface area contributed by atoms with Crippen LogP contribution >= 0.6 is 11.6 Å². The second-order valence-corrected chi connectivity index (χ2v) is 5.65. The summed E-state index contributed by atoms with van der Waals surface area (Å²) >= 11 is 5.80. The third-order valence-electron chi connectivity index (χ3n) is 3.64. The van der Waals surface area contributed by atoms with Gasteiger partial charge in [0, 0.05) is 31.2 Å². The Bertz CT molecular complexity index is 702. The van der Waals surface area contributed by atoms with Gasteiger partial charge in [0.15, 0.2) is 0 Å². The lowest BCUT2D eigenvalue weighted by atomic mass is 10.2. The average Bonchev–Trinajstić information content (AvgIpc) is 2.58. The van der Waals surface area contributed by atoms with E-state index in [1.54, 1.807) is 12.3 Å². The van der Waals surface area contributed by atoms with Crippen LogP contribution < -0.4 is 15.5 Å². The minimum atomic E-state index is -0.621. The summed E-state index contributed by atoms with van der Waals surface area (Å²) in [6.45, 7) is 3.71. The monoisotopic (exact) mass is 334 g/mol. The van der Waals surface area contributed by atoms with E-state index in [4.69, 9.17) is 11.6 Å². The summed E-state index contributed by atoms with van der Waals surface area (Å²) in [5.74, 6) is -0.829. The Balaban J connectivity index is 1.70. The molecule has 1 aliphatic rings. The van der Waals surface area contributed by atoms with E-state index < -0.39 is 11.7 Å². The van der Waals surface area contributed by atoms with Crippen molar-refractivity contribution in [3.05, 3.63) is 52.9 Å². The van der Waals surface area contributed by atoms with Crippen molar-refractivity contribution in [1.82, 2.24) is 10.3 Å². The van der Waals surface area contributed by atoms with Gasteiger partial charge in [0.05, 0.1) is 17.4 Å². The lowest BCUT2D eigenvalue weighted by Gasteiger charge is -2.29. The number of nitrogens with one attached hydrogen (secondary N) is 2. The molecule has 0 saturated carbocycles. The normalized spacial score (nSPS) is 14.6. The van der Waals surface area contributed by atoms with Crippen molar-refractivity contribution in [3.8, 4) is 0 Å². The highest BCUT2D eigenvalue weighted by Crippen LogP contribution is 2.18. The number of anilines is 2. The Labute approximate surface area is 138 Å². The van der Waals surface area contributed by atoms with Gasteiger partial charge >= 0.3 is 0 Å². The summed E-state index contributed by atoms with van der Waals surface area (Å²) in [6, 6.07) is 7.45. The van der Waals surface area contributed by atoms with Crippen LogP contribution in [0, 0.1) is 5.82 Å². The molecule has 2 aromatic rings. The molecule has 1 saturated heterocycles. The standard InChI is InChI=1S/C16H16ClFN4O/c17-11-1-3-14(18)13(9-11)16(23)21-15-4-2-12(10-20-15)22-7-5-19-6-8-22/h1-4,9-10,19H,5-8H2,(H,20,21,23). The van der Waals surface area contributed by atoms with Crippen LogP contribution in [0.5, 0.6) is 0 Å². The number of halogens is 2. The van der Waals surface area contributed by atoms with Crippen molar-refractivity contribution < 1.29 is 9.18 Å². The van der Waals surface area contributed by atoms with Gasteiger partial charge in [-0.1, -0.05) is 11.6 Å². The summed E-state index contributed by atoms with van der Waals surface area (Å²) in [5.41, 5.74) is 0.893. The molecule has 0 unspecified atom stereocenters. The van der Waals surface area contributed by atoms with E-state index in [9.17, 15) is 9.18 Å². The molecule has 1 aromatic heterocycles. The molecular formula is C16H16ClFN4O. The minimum absolute atomic E-state index is 0.106. The first kappa shape index (κ1) is 15.7. The molecule has 0 bridgehead atoms. The van der Waals surface area contributed by atoms with Crippen molar-refractivity contribution in [1.29, 1.82) is 0 Å². The SMILES string of the molecule is O=C(Nc1ccc(N2CCNCC2)cn1)c1cc(Cl)ccc1F. The van der Waals surface area contributed by atoms with Gasteiger partial charge in [0.25, 0.3) is 5.91 Å². The fraction of sp³-hybridized carbons (Fsp3) is 0.250. The highest BCUT2D eigenvalue weighted by Gasteiger charge is 2.14. The summed E-state index contributed by atoms with van der Waals surface area (Å²) in [5, 5.41) is 6.17. The number of carbonyl (C=O) groups is 1. The molecule has 1 aromatic carbocycles. The Morgan fingerprint density at radius 3 is 2.74 bits per heavy atom. The molecule has 0 spiro atoms. The Hall–Kier alpha value is -2.18. The number of hydrogen-bond donors (Lipinski definition) is 2. The second kappa shape index (κ2) is 6.93. The molecule has 0 radical (unpaired) electrons. The second-order valence-electron chi connectivity index (χ2n) is 5.22. The molecule has 5 nitrogen and oxygen atoms in total. The maximum absolute atomic E-state index is 13.7. The maximum atomic E-state index is 13.7. The largest absolute Gasteiger partial charge is 0.368 e. The van der Waals surface area contributed by atoms with E-state index >= 15 is 0 Å². The lowest BCUT2D eigenvalue weighted by Crippen LogP contribution is -2.43. The van der Waals surface area contributed by atoms with E-state index in [0.29, 0.717) is 10.8 Å². The zero-order valence-electron chi connectivity index (χ0n) is 12.4. The van der Waals surface area contributed by atoms with Crippen molar-refractivity contribution in [2.75, 3.05) is 36.4 Å². The van der Waals surface area contributed by atoms with Crippen LogP contribution in [0.25, 0.3) is 0 Å². The zero-order valence-corrected chi connectivity index (χ0v) is 13.1. The highest BCUT2D eigenvalue weighted by atomic mass is 35.5. The molecule has 23 heavy (non-hydrogen) atoms. The molecule has 3 rings (SSSR count). The summed E-state index contributed by atoms with van der Waals surface area (Å²) in [7, 11) is 0. The third kappa shape index (κ3) is 3.78. The van der Waals surface area contributed by atoms with Gasteiger partial charge in [-0.25, -0.2) is 9.37 Å². The van der Waals surface area contributed by atoms with Crippen LogP contribution in [0.3, 0.4) is 0 Å². The van der Waals surface area contributed by atoms with Crippen LogP contribution in [0.1, 0.15) is 10.4 Å². The Morgan fingerprint density at radius 2 is 2.04 bits per heavy atom. The molecule has 120 valence electrons. The first-order chi connectivity index (χ1) is 11.1. The summed E-state index contributed by atoms with van der Waals surface area (Å²) in [4.78, 5) is 18.5. The zero-order chi connectivity index (χ0) is 16.2. The first-order valence-electron chi connectivity index (χ1n) is 7.31. The van der Waals surface area contributed by atoms with Gasteiger partial charge in [-0.2, -0.15) is 0 Å². The molecule has 0 atom stereocenters.